The van der Waals surface area contributed by atoms with Crippen LogP contribution in [0, 0.1) is 0 Å². The number of carbonyl (C=O) groups is 4. The number of nitrogens with two attached hydrogens (primary N) is 1. The van der Waals surface area contributed by atoms with Crippen LogP contribution in [0.2, 0.25) is 0 Å². The molecule has 0 spiro atoms. The molecule has 1 aromatic heterocycles. The molecule has 2 rings (SSSR count). The second-order valence-electron chi connectivity index (χ2n) is 6.89. The van der Waals surface area contributed by atoms with Crippen LogP contribution >= 0.6 is 0 Å². The number of nitrogens with one attached hydrogen (secondary N) is 3. The minimum atomic E-state index is -1.19. The van der Waals surface area contributed by atoms with Crippen molar-refractivity contribution in [2.45, 2.75) is 50.4 Å². The molecule has 2 heterocycles. The second-order valence-corrected chi connectivity index (χ2v) is 6.89. The highest BCUT2D eigenvalue weighted by Crippen LogP contribution is 2.19. The highest BCUT2D eigenvalue weighted by atomic mass is 16.4. The number of amides is 3. The summed E-state index contributed by atoms with van der Waals surface area (Å²) in [6.07, 6.45) is 3.95. The van der Waals surface area contributed by atoms with Gasteiger partial charge in [0.15, 0.2) is 0 Å². The Hall–Kier alpha value is -2.99. The van der Waals surface area contributed by atoms with Crippen LogP contribution < -0.4 is 16.4 Å². The summed E-state index contributed by atoms with van der Waals surface area (Å²) in [7, 11) is 0. The lowest BCUT2D eigenvalue weighted by Crippen LogP contribution is -2.57. The van der Waals surface area contributed by atoms with Gasteiger partial charge < -0.3 is 36.5 Å². The Morgan fingerprint density at radius 3 is 2.69 bits per heavy atom. The number of carboxylic acids is 1. The zero-order valence-electron chi connectivity index (χ0n) is 16.0. The van der Waals surface area contributed by atoms with Crippen LogP contribution in [0.15, 0.2) is 12.5 Å². The number of imidazole rings is 1. The highest BCUT2D eigenvalue weighted by molar-refractivity contribution is 5.94. The summed E-state index contributed by atoms with van der Waals surface area (Å²) in [6.45, 7) is 1.04. The fraction of sp³-hybridized carbons (Fsp3) is 0.588. The number of rotatable bonds is 9. The lowest BCUT2D eigenvalue weighted by Gasteiger charge is -2.29. The molecule has 4 atom stereocenters. The second kappa shape index (κ2) is 9.98. The molecular formula is C17H26N6O6. The van der Waals surface area contributed by atoms with Gasteiger partial charge in [-0.3, -0.25) is 19.2 Å². The number of carboxylic acid groups (broad SMARTS) is 1. The van der Waals surface area contributed by atoms with Crippen molar-refractivity contribution < 1.29 is 29.4 Å². The molecule has 0 bridgehead atoms. The van der Waals surface area contributed by atoms with E-state index in [2.05, 4.69) is 20.6 Å². The summed E-state index contributed by atoms with van der Waals surface area (Å²) in [5.74, 6) is -2.95. The van der Waals surface area contributed by atoms with E-state index >= 15 is 0 Å². The van der Waals surface area contributed by atoms with Crippen molar-refractivity contribution >= 4 is 23.7 Å². The zero-order valence-corrected chi connectivity index (χ0v) is 16.0. The number of likely N-dealkylation sites (tertiary alicyclic amines) is 1. The van der Waals surface area contributed by atoms with Gasteiger partial charge in [-0.15, -0.1) is 0 Å². The van der Waals surface area contributed by atoms with Gasteiger partial charge in [-0.1, -0.05) is 0 Å². The number of aliphatic hydroxyl groups excluding tert-OH is 1. The predicted molar refractivity (Wildman–Crippen MR) is 99.3 cm³/mol. The third-order valence-corrected chi connectivity index (χ3v) is 4.69. The van der Waals surface area contributed by atoms with E-state index in [9.17, 15) is 19.2 Å². The largest absolute Gasteiger partial charge is 0.480 e. The minimum absolute atomic E-state index is 0.0824. The Morgan fingerprint density at radius 2 is 2.10 bits per heavy atom. The van der Waals surface area contributed by atoms with Crippen LogP contribution in [0.25, 0.3) is 0 Å². The average Bonchev–Trinajstić information content (AvgIpc) is 3.37. The van der Waals surface area contributed by atoms with Crippen molar-refractivity contribution in [2.75, 3.05) is 13.2 Å². The Labute approximate surface area is 166 Å². The van der Waals surface area contributed by atoms with Gasteiger partial charge in [0.1, 0.15) is 24.2 Å². The lowest BCUT2D eigenvalue weighted by atomic mass is 10.1. The van der Waals surface area contributed by atoms with Gasteiger partial charge in [-0.25, -0.2) is 4.98 Å². The predicted octanol–water partition coefficient (Wildman–Crippen LogP) is -2.66. The number of aromatic amines is 1. The van der Waals surface area contributed by atoms with Crippen LogP contribution in [0.4, 0.5) is 0 Å². The van der Waals surface area contributed by atoms with Crippen LogP contribution in [0.5, 0.6) is 0 Å². The molecule has 1 fully saturated rings. The first kappa shape index (κ1) is 22.3. The molecular weight excluding hydrogens is 384 g/mol. The normalized spacial score (nSPS) is 19.3. The first-order chi connectivity index (χ1) is 13.7. The van der Waals surface area contributed by atoms with Crippen molar-refractivity contribution in [1.82, 2.24) is 25.5 Å². The number of hydrogen-bond donors (Lipinski definition) is 6. The van der Waals surface area contributed by atoms with E-state index in [1.54, 1.807) is 0 Å². The molecule has 1 saturated heterocycles. The van der Waals surface area contributed by atoms with Crippen molar-refractivity contribution in [3.63, 3.8) is 0 Å². The van der Waals surface area contributed by atoms with E-state index in [0.717, 1.165) is 0 Å². The average molecular weight is 410 g/mol. The Morgan fingerprint density at radius 1 is 1.38 bits per heavy atom. The maximum absolute atomic E-state index is 13.1. The van der Waals surface area contributed by atoms with Gasteiger partial charge in [-0.2, -0.15) is 0 Å². The van der Waals surface area contributed by atoms with Crippen LogP contribution in [0.3, 0.4) is 0 Å². The monoisotopic (exact) mass is 410 g/mol. The molecule has 1 aliphatic rings. The maximum Gasteiger partial charge on any atom is 0.325 e. The van der Waals surface area contributed by atoms with Gasteiger partial charge in [0.25, 0.3) is 0 Å². The quantitative estimate of drug-likeness (QED) is 0.254. The molecule has 0 radical (unpaired) electrons. The van der Waals surface area contributed by atoms with E-state index in [-0.39, 0.29) is 6.42 Å². The van der Waals surface area contributed by atoms with E-state index in [0.29, 0.717) is 25.1 Å². The van der Waals surface area contributed by atoms with Gasteiger partial charge in [-0.05, 0) is 19.8 Å². The molecule has 3 amide bonds. The standard InChI is InChI=1S/C17H26N6O6/c1-9(17(28)29)21-15(26)13-3-2-4-23(13)16(27)12(5-10-6-19-8-20-10)22-14(25)11(18)7-24/h6,8-9,11-13,24H,2-5,7,18H2,1H3,(H,19,20)(H,21,26)(H,22,25)(H,28,29). The fourth-order valence-corrected chi connectivity index (χ4v) is 3.05. The Kier molecular flexibility index (Phi) is 7.67. The molecule has 29 heavy (non-hydrogen) atoms. The fourth-order valence-electron chi connectivity index (χ4n) is 3.05. The number of H-pyrrole nitrogens is 1. The van der Waals surface area contributed by atoms with E-state index < -0.39 is 54.5 Å². The molecule has 12 heteroatoms. The van der Waals surface area contributed by atoms with Gasteiger partial charge in [0.05, 0.1) is 12.9 Å². The topological polar surface area (TPSA) is 191 Å². The van der Waals surface area contributed by atoms with E-state index in [1.807, 2.05) is 0 Å². The van der Waals surface area contributed by atoms with Crippen LogP contribution in [-0.4, -0.2) is 86.1 Å². The SMILES string of the molecule is CC(NC(=O)C1CCCN1C(=O)C(Cc1cnc[nH]1)NC(=O)C(N)CO)C(=O)O. The van der Waals surface area contributed by atoms with Crippen LogP contribution in [-0.2, 0) is 25.6 Å². The summed E-state index contributed by atoms with van der Waals surface area (Å²) in [6, 6.07) is -4.16. The third kappa shape index (κ3) is 5.74. The molecule has 7 N–H and O–H groups in total. The van der Waals surface area contributed by atoms with Crippen molar-refractivity contribution in [3.8, 4) is 0 Å². The first-order valence-corrected chi connectivity index (χ1v) is 9.22. The Bertz CT molecular complexity index is 739. The van der Waals surface area contributed by atoms with Gasteiger partial charge >= 0.3 is 5.97 Å². The Balaban J connectivity index is 2.15. The molecule has 1 aliphatic heterocycles. The van der Waals surface area contributed by atoms with Crippen LogP contribution in [0.1, 0.15) is 25.5 Å². The smallest absolute Gasteiger partial charge is 0.325 e. The van der Waals surface area contributed by atoms with Crippen molar-refractivity contribution in [2.24, 2.45) is 5.73 Å². The summed E-state index contributed by atoms with van der Waals surface area (Å²) < 4.78 is 0. The number of nitrogens with zero attached hydrogens (tertiary/aromatic N) is 2. The summed E-state index contributed by atoms with van der Waals surface area (Å²) in [5.41, 5.74) is 6.11. The molecule has 1 aromatic rings. The van der Waals surface area contributed by atoms with Crippen molar-refractivity contribution in [3.05, 3.63) is 18.2 Å². The molecule has 4 unspecified atom stereocenters. The minimum Gasteiger partial charge on any atom is -0.480 e. The third-order valence-electron chi connectivity index (χ3n) is 4.69. The van der Waals surface area contributed by atoms with Crippen molar-refractivity contribution in [1.29, 1.82) is 0 Å². The zero-order chi connectivity index (χ0) is 21.6. The first-order valence-electron chi connectivity index (χ1n) is 9.22. The molecule has 0 saturated carbocycles. The molecule has 12 nitrogen and oxygen atoms in total. The summed E-state index contributed by atoms with van der Waals surface area (Å²) in [4.78, 5) is 56.8. The molecule has 0 aliphatic carbocycles. The van der Waals surface area contributed by atoms with E-state index in [1.165, 1.54) is 24.3 Å². The number of hydrogen-bond acceptors (Lipinski definition) is 7. The number of aromatic nitrogens is 2. The highest BCUT2D eigenvalue weighted by Gasteiger charge is 2.38. The summed E-state index contributed by atoms with van der Waals surface area (Å²) in [5, 5.41) is 22.9. The lowest BCUT2D eigenvalue weighted by molar-refractivity contribution is -0.144. The molecule has 0 aromatic carbocycles. The van der Waals surface area contributed by atoms with Gasteiger partial charge in [0, 0.05) is 24.9 Å². The van der Waals surface area contributed by atoms with Gasteiger partial charge in [0.2, 0.25) is 17.7 Å². The molecule has 160 valence electrons. The number of aliphatic carboxylic acids is 1. The number of carbonyl (C=O) groups excluding carboxylic acids is 3. The van der Waals surface area contributed by atoms with E-state index in [4.69, 9.17) is 15.9 Å². The number of aliphatic hydroxyl groups is 1. The maximum atomic E-state index is 13.1. The summed E-state index contributed by atoms with van der Waals surface area (Å²) >= 11 is 0.